The Morgan fingerprint density at radius 2 is 1.78 bits per heavy atom. The van der Waals surface area contributed by atoms with Gasteiger partial charge in [-0.05, 0) is 36.8 Å². The second-order valence-electron chi connectivity index (χ2n) is 7.01. The average molecular weight is 453 g/mol. The highest BCUT2D eigenvalue weighted by molar-refractivity contribution is 6.33. The number of carbonyl (C=O) groups excluding carboxylic acids is 2. The lowest BCUT2D eigenvalue weighted by atomic mass is 10.1. The van der Waals surface area contributed by atoms with Crippen LogP contribution in [0.25, 0.3) is 0 Å². The number of hydrogen-bond donors (Lipinski definition) is 3. The molecule has 3 aromatic carbocycles. The van der Waals surface area contributed by atoms with E-state index in [0.29, 0.717) is 10.7 Å². The van der Waals surface area contributed by atoms with Gasteiger partial charge in [-0.2, -0.15) is 0 Å². The van der Waals surface area contributed by atoms with Crippen molar-refractivity contribution >= 4 is 40.5 Å². The lowest BCUT2D eigenvalue weighted by Crippen LogP contribution is -2.32. The van der Waals surface area contributed by atoms with Crippen LogP contribution in [0.5, 0.6) is 0 Å². The van der Waals surface area contributed by atoms with E-state index in [-0.39, 0.29) is 23.8 Å². The van der Waals surface area contributed by atoms with Crippen LogP contribution in [0.1, 0.15) is 28.9 Å². The summed E-state index contributed by atoms with van der Waals surface area (Å²) in [5, 5.41) is 19.7. The van der Waals surface area contributed by atoms with Gasteiger partial charge in [-0.25, -0.2) is 0 Å². The van der Waals surface area contributed by atoms with Gasteiger partial charge in [-0.15, -0.1) is 0 Å². The molecule has 0 aliphatic carbocycles. The summed E-state index contributed by atoms with van der Waals surface area (Å²) in [5.41, 5.74) is 2.20. The molecule has 1 unspecified atom stereocenters. The fourth-order valence-corrected chi connectivity index (χ4v) is 3.23. The Morgan fingerprint density at radius 3 is 2.47 bits per heavy atom. The SMILES string of the molecule is CC(Nc1ccc(NC(=O)CNC(=O)c2cccc([N+](=O)[O-])c2)cc1Cl)c1ccccc1. The number of anilines is 2. The van der Waals surface area contributed by atoms with E-state index >= 15 is 0 Å². The minimum absolute atomic E-state index is 0.0400. The van der Waals surface area contributed by atoms with Crippen LogP contribution < -0.4 is 16.0 Å². The van der Waals surface area contributed by atoms with E-state index in [9.17, 15) is 19.7 Å². The molecule has 9 heteroatoms. The van der Waals surface area contributed by atoms with Crippen molar-refractivity contribution in [1.82, 2.24) is 5.32 Å². The minimum atomic E-state index is -0.591. The topological polar surface area (TPSA) is 113 Å². The molecule has 0 spiro atoms. The van der Waals surface area contributed by atoms with Gasteiger partial charge in [0, 0.05) is 29.4 Å². The van der Waals surface area contributed by atoms with E-state index in [0.717, 1.165) is 17.3 Å². The Morgan fingerprint density at radius 1 is 1.03 bits per heavy atom. The largest absolute Gasteiger partial charge is 0.377 e. The van der Waals surface area contributed by atoms with Crippen LogP contribution in [0.2, 0.25) is 5.02 Å². The molecule has 3 rings (SSSR count). The van der Waals surface area contributed by atoms with E-state index in [4.69, 9.17) is 11.6 Å². The molecular formula is C23H21ClN4O4. The number of rotatable bonds is 8. The van der Waals surface area contributed by atoms with Crippen molar-refractivity contribution in [3.8, 4) is 0 Å². The first-order valence-electron chi connectivity index (χ1n) is 9.77. The maximum absolute atomic E-state index is 12.2. The van der Waals surface area contributed by atoms with Gasteiger partial charge in [-0.3, -0.25) is 19.7 Å². The summed E-state index contributed by atoms with van der Waals surface area (Å²) in [6, 6.07) is 20.3. The maximum atomic E-state index is 12.2. The molecule has 0 bridgehead atoms. The first-order valence-corrected chi connectivity index (χ1v) is 10.1. The molecule has 2 amide bonds. The Balaban J connectivity index is 1.55. The van der Waals surface area contributed by atoms with Crippen LogP contribution >= 0.6 is 11.6 Å². The van der Waals surface area contributed by atoms with Gasteiger partial charge in [0.15, 0.2) is 0 Å². The summed E-state index contributed by atoms with van der Waals surface area (Å²) in [7, 11) is 0. The third kappa shape index (κ3) is 6.05. The van der Waals surface area contributed by atoms with Crippen LogP contribution in [0.15, 0.2) is 72.8 Å². The van der Waals surface area contributed by atoms with E-state index in [1.807, 2.05) is 37.3 Å². The minimum Gasteiger partial charge on any atom is -0.377 e. The first-order chi connectivity index (χ1) is 15.3. The van der Waals surface area contributed by atoms with Gasteiger partial charge in [0.1, 0.15) is 0 Å². The van der Waals surface area contributed by atoms with Crippen molar-refractivity contribution in [3.05, 3.63) is 99.1 Å². The monoisotopic (exact) mass is 452 g/mol. The number of hydrogen-bond acceptors (Lipinski definition) is 5. The maximum Gasteiger partial charge on any atom is 0.270 e. The van der Waals surface area contributed by atoms with Gasteiger partial charge >= 0.3 is 0 Å². The quantitative estimate of drug-likeness (QED) is 0.336. The molecule has 0 saturated carbocycles. The van der Waals surface area contributed by atoms with E-state index in [2.05, 4.69) is 16.0 Å². The van der Waals surface area contributed by atoms with Gasteiger partial charge in [0.2, 0.25) is 5.91 Å². The molecule has 1 atom stereocenters. The number of halogens is 1. The predicted molar refractivity (Wildman–Crippen MR) is 124 cm³/mol. The Hall–Kier alpha value is -3.91. The Bertz CT molecular complexity index is 1140. The number of carbonyl (C=O) groups is 2. The highest BCUT2D eigenvalue weighted by Crippen LogP contribution is 2.29. The smallest absolute Gasteiger partial charge is 0.270 e. The number of non-ortho nitro benzene ring substituents is 1. The lowest BCUT2D eigenvalue weighted by molar-refractivity contribution is -0.384. The van der Waals surface area contributed by atoms with Crippen LogP contribution in [0, 0.1) is 10.1 Å². The fraction of sp³-hybridized carbons (Fsp3) is 0.130. The van der Waals surface area contributed by atoms with Gasteiger partial charge in [-0.1, -0.05) is 48.0 Å². The molecule has 3 aromatic rings. The highest BCUT2D eigenvalue weighted by Gasteiger charge is 2.13. The summed E-state index contributed by atoms with van der Waals surface area (Å²) >= 11 is 6.35. The third-order valence-corrected chi connectivity index (χ3v) is 4.97. The fourth-order valence-electron chi connectivity index (χ4n) is 3.00. The molecule has 0 aliphatic rings. The summed E-state index contributed by atoms with van der Waals surface area (Å²) < 4.78 is 0. The Kier molecular flexibility index (Phi) is 7.41. The van der Waals surface area contributed by atoms with Crippen LogP contribution in [-0.4, -0.2) is 23.3 Å². The molecule has 0 radical (unpaired) electrons. The first kappa shape index (κ1) is 22.8. The van der Waals surface area contributed by atoms with E-state index in [1.165, 1.54) is 18.2 Å². The standard InChI is InChI=1S/C23H21ClN4O4/c1-15(16-6-3-2-4-7-16)26-21-11-10-18(13-20(21)24)27-22(29)14-25-23(30)17-8-5-9-19(12-17)28(31)32/h2-13,15,26H,14H2,1H3,(H,25,30)(H,27,29). The molecule has 3 N–H and O–H groups in total. The van der Waals surface area contributed by atoms with Crippen LogP contribution in [0.3, 0.4) is 0 Å². The van der Waals surface area contributed by atoms with Crippen LogP contribution in [0.4, 0.5) is 17.1 Å². The number of amides is 2. The lowest BCUT2D eigenvalue weighted by Gasteiger charge is -2.17. The van der Waals surface area contributed by atoms with E-state index < -0.39 is 16.7 Å². The molecule has 32 heavy (non-hydrogen) atoms. The molecule has 0 fully saturated rings. The van der Waals surface area contributed by atoms with Crippen molar-refractivity contribution in [2.75, 3.05) is 17.2 Å². The molecule has 0 saturated heterocycles. The average Bonchev–Trinajstić information content (AvgIpc) is 2.79. The molecule has 8 nitrogen and oxygen atoms in total. The van der Waals surface area contributed by atoms with Crippen molar-refractivity contribution in [3.63, 3.8) is 0 Å². The third-order valence-electron chi connectivity index (χ3n) is 4.65. The van der Waals surface area contributed by atoms with Crippen molar-refractivity contribution in [1.29, 1.82) is 0 Å². The summed E-state index contributed by atoms with van der Waals surface area (Å²) in [6.07, 6.45) is 0. The van der Waals surface area contributed by atoms with Gasteiger partial charge < -0.3 is 16.0 Å². The predicted octanol–water partition coefficient (Wildman–Crippen LogP) is 4.79. The second kappa shape index (κ2) is 10.4. The molecule has 0 aliphatic heterocycles. The van der Waals surface area contributed by atoms with Gasteiger partial charge in [0.05, 0.1) is 22.2 Å². The number of nitrogens with zero attached hydrogens (tertiary/aromatic N) is 1. The normalized spacial score (nSPS) is 11.3. The number of nitro benzene ring substituents is 1. The zero-order chi connectivity index (χ0) is 23.1. The molecule has 0 aromatic heterocycles. The van der Waals surface area contributed by atoms with Crippen molar-refractivity contribution < 1.29 is 14.5 Å². The molecule has 164 valence electrons. The number of nitro groups is 1. The van der Waals surface area contributed by atoms with E-state index in [1.54, 1.807) is 18.2 Å². The number of nitrogens with one attached hydrogen (secondary N) is 3. The summed E-state index contributed by atoms with van der Waals surface area (Å²) in [6.45, 7) is 1.72. The zero-order valence-electron chi connectivity index (χ0n) is 17.2. The summed E-state index contributed by atoms with van der Waals surface area (Å²) in [5.74, 6) is -1.05. The second-order valence-corrected chi connectivity index (χ2v) is 7.42. The molecular weight excluding hydrogens is 432 g/mol. The highest BCUT2D eigenvalue weighted by atomic mass is 35.5. The van der Waals surface area contributed by atoms with Crippen molar-refractivity contribution in [2.24, 2.45) is 0 Å². The van der Waals surface area contributed by atoms with Crippen molar-refractivity contribution in [2.45, 2.75) is 13.0 Å². The van der Waals surface area contributed by atoms with Gasteiger partial charge in [0.25, 0.3) is 11.6 Å². The molecule has 0 heterocycles. The zero-order valence-corrected chi connectivity index (χ0v) is 17.9. The Labute approximate surface area is 189 Å². The summed E-state index contributed by atoms with van der Waals surface area (Å²) in [4.78, 5) is 34.6. The van der Waals surface area contributed by atoms with Crippen LogP contribution in [-0.2, 0) is 4.79 Å². The number of benzene rings is 3.